The van der Waals surface area contributed by atoms with E-state index in [1.165, 1.54) is 10.4 Å². The van der Waals surface area contributed by atoms with Gasteiger partial charge in [0, 0.05) is 4.88 Å². The molecule has 1 heterocycles. The van der Waals surface area contributed by atoms with Crippen molar-refractivity contribution in [3.05, 3.63) is 46.2 Å². The Morgan fingerprint density at radius 2 is 2.11 bits per heavy atom. The molecule has 2 rings (SSSR count). The molecule has 0 saturated carbocycles. The van der Waals surface area contributed by atoms with E-state index < -0.39 is 9.04 Å². The summed E-state index contributed by atoms with van der Waals surface area (Å²) in [5, 5.41) is 2.07. The van der Waals surface area contributed by atoms with Crippen LogP contribution in [0.15, 0.2) is 40.7 Å². The highest BCUT2D eigenvalue weighted by Gasteiger charge is 2.07. The quantitative estimate of drug-likeness (QED) is 0.592. The first-order chi connectivity index (χ1) is 9.06. The Morgan fingerprint density at radius 1 is 1.32 bits per heavy atom. The lowest BCUT2D eigenvalue weighted by Crippen LogP contribution is -2.11. The number of nitrogens with zero attached hydrogens (tertiary/aromatic N) is 1. The topological polar surface area (TPSA) is 21.6 Å². The number of benzene rings is 1. The van der Waals surface area contributed by atoms with E-state index in [2.05, 4.69) is 43.6 Å². The fraction of sp³-hybridized carbons (Fsp3) is 0.267. The van der Waals surface area contributed by atoms with Gasteiger partial charge in [-0.3, -0.25) is 0 Å². The minimum absolute atomic E-state index is 0. The summed E-state index contributed by atoms with van der Waals surface area (Å²) in [6.07, 6.45) is 0. The minimum Gasteiger partial charge on any atom is -0.546 e. The zero-order valence-corrected chi connectivity index (χ0v) is 13.8. The highest BCUT2D eigenvalue weighted by Crippen LogP contribution is 2.30. The predicted octanol–water partition coefficient (Wildman–Crippen LogP) is 4.67. The van der Waals surface area contributed by atoms with Crippen molar-refractivity contribution in [2.45, 2.75) is 26.9 Å². The van der Waals surface area contributed by atoms with Crippen LogP contribution in [0.3, 0.4) is 0 Å². The molecule has 0 aliphatic carbocycles. The smallest absolute Gasteiger partial charge is 0.546 e. The maximum Gasteiger partial charge on any atom is 1.00 e. The first-order valence-electron chi connectivity index (χ1n) is 6.42. The molecule has 100 valence electrons. The Balaban J connectivity index is 0.00000200. The van der Waals surface area contributed by atoms with Gasteiger partial charge in [0.25, 0.3) is 0 Å². The van der Waals surface area contributed by atoms with E-state index in [9.17, 15) is 0 Å². The molecule has 2 aromatic rings. The maximum absolute atomic E-state index is 5.98. The standard InChI is InChI=1S/C15H19NOSSi/c1-11-7-8-13(14(10-11)17-19(3)4)16-12(2)15-6-5-9-18-15/h5-10,19H,1-4H3/p+1. The lowest BCUT2D eigenvalue weighted by molar-refractivity contribution is 0.581. The van der Waals surface area contributed by atoms with Crippen LogP contribution < -0.4 is 4.43 Å². The SMILES string of the molecule is CC(=Nc1ccc(C)cc1O[SiH](C)C)c1cccs1.[H+]. The van der Waals surface area contributed by atoms with Gasteiger partial charge in [-0.25, -0.2) is 4.99 Å². The van der Waals surface area contributed by atoms with Crippen molar-refractivity contribution in [1.82, 2.24) is 0 Å². The monoisotopic (exact) mass is 290 g/mol. The molecule has 1 aromatic heterocycles. The normalized spacial score (nSPS) is 11.9. The molecule has 0 radical (unpaired) electrons. The molecule has 19 heavy (non-hydrogen) atoms. The van der Waals surface area contributed by atoms with Gasteiger partial charge in [0.1, 0.15) is 11.4 Å². The number of aryl methyl sites for hydroxylation is 1. The van der Waals surface area contributed by atoms with Crippen LogP contribution in [0.1, 0.15) is 18.8 Å². The molecule has 0 bridgehead atoms. The molecule has 0 amide bonds. The van der Waals surface area contributed by atoms with Crippen LogP contribution in [-0.4, -0.2) is 14.8 Å². The molecule has 0 unspecified atom stereocenters. The first-order valence-corrected chi connectivity index (χ1v) is 10.1. The van der Waals surface area contributed by atoms with E-state index in [-0.39, 0.29) is 1.43 Å². The van der Waals surface area contributed by atoms with E-state index in [0.717, 1.165) is 17.1 Å². The molecule has 1 aromatic carbocycles. The summed E-state index contributed by atoms with van der Waals surface area (Å²) in [6, 6.07) is 10.3. The van der Waals surface area contributed by atoms with Crippen molar-refractivity contribution in [3.8, 4) is 5.75 Å². The van der Waals surface area contributed by atoms with Crippen LogP contribution in [-0.2, 0) is 0 Å². The molecule has 2 nitrogen and oxygen atoms in total. The number of hydrogen-bond donors (Lipinski definition) is 0. The average molecular weight is 290 g/mol. The van der Waals surface area contributed by atoms with Crippen LogP contribution >= 0.6 is 11.3 Å². The molecule has 0 aliphatic rings. The fourth-order valence-electron chi connectivity index (χ4n) is 1.78. The van der Waals surface area contributed by atoms with Crippen LogP contribution in [0.25, 0.3) is 0 Å². The molecule has 0 atom stereocenters. The minimum atomic E-state index is -1.12. The molecule has 0 fully saturated rings. The van der Waals surface area contributed by atoms with Crippen LogP contribution in [0.4, 0.5) is 5.69 Å². The zero-order valence-electron chi connectivity index (χ0n) is 12.8. The van der Waals surface area contributed by atoms with Gasteiger partial charge in [0.15, 0.2) is 0 Å². The third kappa shape index (κ3) is 3.78. The summed E-state index contributed by atoms with van der Waals surface area (Å²) in [5.41, 5.74) is 3.17. The van der Waals surface area contributed by atoms with Gasteiger partial charge >= 0.3 is 1.43 Å². The Morgan fingerprint density at radius 3 is 2.74 bits per heavy atom. The summed E-state index contributed by atoms with van der Waals surface area (Å²) in [4.78, 5) is 5.92. The van der Waals surface area contributed by atoms with Crippen molar-refractivity contribution in [2.75, 3.05) is 0 Å². The van der Waals surface area contributed by atoms with Crippen molar-refractivity contribution >= 4 is 31.8 Å². The summed E-state index contributed by atoms with van der Waals surface area (Å²) in [6.45, 7) is 8.46. The largest absolute Gasteiger partial charge is 1.00 e. The number of thiophene rings is 1. The first kappa shape index (κ1) is 14.0. The Hall–Kier alpha value is -1.39. The zero-order chi connectivity index (χ0) is 13.8. The third-order valence-electron chi connectivity index (χ3n) is 2.64. The lowest BCUT2D eigenvalue weighted by Gasteiger charge is -2.13. The molecule has 0 spiro atoms. The lowest BCUT2D eigenvalue weighted by atomic mass is 10.2. The van der Waals surface area contributed by atoms with Gasteiger partial charge < -0.3 is 4.43 Å². The van der Waals surface area contributed by atoms with Crippen molar-refractivity contribution < 1.29 is 5.85 Å². The second kappa shape index (κ2) is 6.17. The summed E-state index contributed by atoms with van der Waals surface area (Å²) in [5.74, 6) is 0.914. The summed E-state index contributed by atoms with van der Waals surface area (Å²) >= 11 is 1.71. The van der Waals surface area contributed by atoms with Crippen molar-refractivity contribution in [3.63, 3.8) is 0 Å². The Labute approximate surface area is 122 Å². The highest BCUT2D eigenvalue weighted by molar-refractivity contribution is 7.12. The van der Waals surface area contributed by atoms with Crippen molar-refractivity contribution in [1.29, 1.82) is 0 Å². The van der Waals surface area contributed by atoms with Gasteiger partial charge in [-0.15, -0.1) is 11.3 Å². The second-order valence-corrected chi connectivity index (χ2v) is 8.09. The van der Waals surface area contributed by atoms with E-state index in [1.807, 2.05) is 19.1 Å². The molecule has 0 aliphatic heterocycles. The predicted molar refractivity (Wildman–Crippen MR) is 88.0 cm³/mol. The van der Waals surface area contributed by atoms with E-state index >= 15 is 0 Å². The van der Waals surface area contributed by atoms with E-state index in [1.54, 1.807) is 11.3 Å². The highest BCUT2D eigenvalue weighted by atomic mass is 32.1. The molecular weight excluding hydrogens is 270 g/mol. The van der Waals surface area contributed by atoms with E-state index in [0.29, 0.717) is 0 Å². The number of hydrogen-bond acceptors (Lipinski definition) is 3. The number of aliphatic imine (C=N–C) groups is 1. The maximum atomic E-state index is 5.98. The van der Waals surface area contributed by atoms with Crippen LogP contribution in [0.2, 0.25) is 13.1 Å². The number of rotatable bonds is 4. The summed E-state index contributed by atoms with van der Waals surface area (Å²) < 4.78 is 5.98. The average Bonchev–Trinajstić information content (AvgIpc) is 2.85. The van der Waals surface area contributed by atoms with Crippen LogP contribution in [0.5, 0.6) is 5.75 Å². The van der Waals surface area contributed by atoms with Crippen LogP contribution in [0, 0.1) is 6.92 Å². The van der Waals surface area contributed by atoms with Gasteiger partial charge in [-0.05, 0) is 56.1 Å². The van der Waals surface area contributed by atoms with Gasteiger partial charge in [-0.2, -0.15) is 0 Å². The second-order valence-electron chi connectivity index (χ2n) is 4.81. The third-order valence-corrected chi connectivity index (χ3v) is 4.35. The fourth-order valence-corrected chi connectivity index (χ4v) is 3.16. The molecular formula is C15H20NOSSi+. The Bertz CT molecular complexity index is 582. The van der Waals surface area contributed by atoms with E-state index in [4.69, 9.17) is 9.42 Å². The Kier molecular flexibility index (Phi) is 4.55. The van der Waals surface area contributed by atoms with Gasteiger partial charge in [0.2, 0.25) is 9.04 Å². The molecule has 0 N–H and O–H groups in total. The summed E-state index contributed by atoms with van der Waals surface area (Å²) in [7, 11) is -1.12. The van der Waals surface area contributed by atoms with Gasteiger partial charge in [0.05, 0.1) is 5.71 Å². The molecule has 0 saturated heterocycles. The van der Waals surface area contributed by atoms with Crippen molar-refractivity contribution in [2.24, 2.45) is 4.99 Å². The van der Waals surface area contributed by atoms with Gasteiger partial charge in [-0.1, -0.05) is 12.1 Å². The molecule has 4 heteroatoms.